The Hall–Kier alpha value is -1.43. The molecule has 92 valence electrons. The van der Waals surface area contributed by atoms with Crippen molar-refractivity contribution >= 4 is 39.1 Å². The second kappa shape index (κ2) is 5.95. The van der Waals surface area contributed by atoms with Gasteiger partial charge in [-0.1, -0.05) is 33.6 Å². The molecular weight excluding hydrogens is 318 g/mol. The normalized spacial score (nSPS) is 11.4. The lowest BCUT2D eigenvalue weighted by Crippen LogP contribution is -2.20. The zero-order valence-corrected chi connectivity index (χ0v) is 11.5. The number of nitrogens with one attached hydrogen (secondary N) is 1. The van der Waals surface area contributed by atoms with E-state index >= 15 is 0 Å². The Kier molecular flexibility index (Phi) is 4.30. The van der Waals surface area contributed by atoms with Crippen molar-refractivity contribution < 1.29 is 5.21 Å². The Morgan fingerprint density at radius 2 is 2.17 bits per heavy atom. The van der Waals surface area contributed by atoms with E-state index in [1.165, 1.54) is 6.20 Å². The number of hydroxylamine groups is 1. The highest BCUT2D eigenvalue weighted by molar-refractivity contribution is 9.10. The second-order valence-corrected chi connectivity index (χ2v) is 4.72. The summed E-state index contributed by atoms with van der Waals surface area (Å²) < 4.78 is 0.912. The molecule has 2 N–H and O–H groups in total. The first-order valence-corrected chi connectivity index (χ1v) is 6.22. The van der Waals surface area contributed by atoms with Crippen molar-refractivity contribution in [2.24, 2.45) is 4.99 Å². The predicted molar refractivity (Wildman–Crippen MR) is 74.5 cm³/mol. The van der Waals surface area contributed by atoms with Gasteiger partial charge in [-0.05, 0) is 30.3 Å². The first kappa shape index (κ1) is 13.0. The Morgan fingerprint density at radius 3 is 2.78 bits per heavy atom. The number of aromatic nitrogens is 1. The number of nitrogens with zero attached hydrogens (tertiary/aromatic N) is 2. The molecule has 0 radical (unpaired) electrons. The average molecular weight is 327 g/mol. The highest BCUT2D eigenvalue weighted by Gasteiger charge is 2.03. The third-order valence-electron chi connectivity index (χ3n) is 2.16. The molecule has 0 aliphatic rings. The van der Waals surface area contributed by atoms with Gasteiger partial charge in [0.1, 0.15) is 5.15 Å². The molecule has 0 fully saturated rings. The molecule has 0 aliphatic heterocycles. The molecule has 0 atom stereocenters. The number of amidine groups is 1. The van der Waals surface area contributed by atoms with Gasteiger partial charge in [-0.25, -0.2) is 9.98 Å². The minimum Gasteiger partial charge on any atom is -0.290 e. The minimum absolute atomic E-state index is 0.303. The lowest BCUT2D eigenvalue weighted by atomic mass is 10.2. The van der Waals surface area contributed by atoms with E-state index in [1.54, 1.807) is 12.1 Å². The molecule has 2 aromatic rings. The van der Waals surface area contributed by atoms with Gasteiger partial charge >= 0.3 is 0 Å². The van der Waals surface area contributed by atoms with E-state index in [2.05, 4.69) is 31.4 Å². The van der Waals surface area contributed by atoms with Crippen molar-refractivity contribution in [2.45, 2.75) is 0 Å². The fourth-order valence-corrected chi connectivity index (χ4v) is 1.84. The Morgan fingerprint density at radius 1 is 1.33 bits per heavy atom. The first-order chi connectivity index (χ1) is 8.69. The Labute approximate surface area is 117 Å². The number of benzene rings is 1. The van der Waals surface area contributed by atoms with Gasteiger partial charge in [0.2, 0.25) is 0 Å². The molecule has 0 saturated carbocycles. The quantitative estimate of drug-likeness (QED) is 0.384. The molecule has 1 heterocycles. The third-order valence-corrected chi connectivity index (χ3v) is 2.87. The average Bonchev–Trinajstić information content (AvgIpc) is 2.37. The summed E-state index contributed by atoms with van der Waals surface area (Å²) >= 11 is 9.06. The van der Waals surface area contributed by atoms with Crippen molar-refractivity contribution in [3.63, 3.8) is 0 Å². The van der Waals surface area contributed by atoms with Gasteiger partial charge in [-0.2, -0.15) is 0 Å². The molecule has 4 nitrogen and oxygen atoms in total. The van der Waals surface area contributed by atoms with E-state index in [0.717, 1.165) is 4.47 Å². The van der Waals surface area contributed by atoms with Crippen LogP contribution in [0.15, 0.2) is 52.1 Å². The van der Waals surface area contributed by atoms with Crippen LogP contribution in [0.5, 0.6) is 0 Å². The number of hydrogen-bond donors (Lipinski definition) is 2. The lowest BCUT2D eigenvalue weighted by Gasteiger charge is -2.04. The number of halogens is 2. The maximum atomic E-state index is 9.13. The molecule has 18 heavy (non-hydrogen) atoms. The standard InChI is InChI=1S/C12H9BrClN3O/c13-9-2-1-3-10(6-9)16-12(17-18)8-4-5-11(14)15-7-8/h1-7,18H,(H,16,17). The van der Waals surface area contributed by atoms with Gasteiger partial charge in [-0.3, -0.25) is 10.7 Å². The smallest absolute Gasteiger partial charge is 0.159 e. The van der Waals surface area contributed by atoms with Gasteiger partial charge in [0.25, 0.3) is 0 Å². The van der Waals surface area contributed by atoms with E-state index in [-0.39, 0.29) is 0 Å². The monoisotopic (exact) mass is 325 g/mol. The lowest BCUT2D eigenvalue weighted by molar-refractivity contribution is 0.235. The van der Waals surface area contributed by atoms with Crippen molar-refractivity contribution in [3.8, 4) is 0 Å². The van der Waals surface area contributed by atoms with E-state index in [0.29, 0.717) is 22.2 Å². The van der Waals surface area contributed by atoms with Crippen LogP contribution in [-0.4, -0.2) is 16.0 Å². The number of hydrogen-bond acceptors (Lipinski definition) is 3. The summed E-state index contributed by atoms with van der Waals surface area (Å²) in [5.74, 6) is 0.303. The van der Waals surface area contributed by atoms with Crippen molar-refractivity contribution in [1.29, 1.82) is 0 Å². The molecule has 0 unspecified atom stereocenters. The largest absolute Gasteiger partial charge is 0.290 e. The fraction of sp³-hybridized carbons (Fsp3) is 0. The fourth-order valence-electron chi connectivity index (χ4n) is 1.34. The van der Waals surface area contributed by atoms with Crippen LogP contribution in [0.25, 0.3) is 0 Å². The molecule has 2 rings (SSSR count). The van der Waals surface area contributed by atoms with E-state index < -0.39 is 0 Å². The molecule has 0 aliphatic carbocycles. The van der Waals surface area contributed by atoms with E-state index in [1.807, 2.05) is 24.3 Å². The van der Waals surface area contributed by atoms with Gasteiger partial charge in [0.05, 0.1) is 5.69 Å². The molecule has 1 aromatic carbocycles. The summed E-state index contributed by atoms with van der Waals surface area (Å²) in [4.78, 5) is 8.21. The maximum absolute atomic E-state index is 9.13. The zero-order valence-electron chi connectivity index (χ0n) is 9.14. The Balaban J connectivity index is 2.36. The summed E-state index contributed by atoms with van der Waals surface area (Å²) in [7, 11) is 0. The zero-order chi connectivity index (χ0) is 13.0. The molecule has 0 bridgehead atoms. The minimum atomic E-state index is 0.303. The number of rotatable bonds is 2. The predicted octanol–water partition coefficient (Wildman–Crippen LogP) is 3.55. The van der Waals surface area contributed by atoms with Crippen molar-refractivity contribution in [3.05, 3.63) is 57.8 Å². The van der Waals surface area contributed by atoms with Gasteiger partial charge in [-0.15, -0.1) is 0 Å². The van der Waals surface area contributed by atoms with E-state index in [4.69, 9.17) is 16.8 Å². The topological polar surface area (TPSA) is 57.5 Å². The third kappa shape index (κ3) is 3.29. The van der Waals surface area contributed by atoms with Crippen LogP contribution in [0, 0.1) is 0 Å². The maximum Gasteiger partial charge on any atom is 0.159 e. The van der Waals surface area contributed by atoms with Crippen LogP contribution < -0.4 is 5.48 Å². The highest BCUT2D eigenvalue weighted by Crippen LogP contribution is 2.19. The molecular formula is C12H9BrClN3O. The van der Waals surface area contributed by atoms with Crippen LogP contribution in [-0.2, 0) is 0 Å². The van der Waals surface area contributed by atoms with E-state index in [9.17, 15) is 0 Å². The molecule has 1 aromatic heterocycles. The summed E-state index contributed by atoms with van der Waals surface area (Å²) in [5.41, 5.74) is 3.40. The summed E-state index contributed by atoms with van der Waals surface area (Å²) in [6, 6.07) is 10.8. The second-order valence-electron chi connectivity index (χ2n) is 3.42. The molecule has 0 spiro atoms. The van der Waals surface area contributed by atoms with Gasteiger partial charge in [0, 0.05) is 16.2 Å². The molecule has 0 amide bonds. The summed E-state index contributed by atoms with van der Waals surface area (Å²) in [5, 5.41) is 9.51. The first-order valence-electron chi connectivity index (χ1n) is 5.05. The SMILES string of the molecule is ONC(=Nc1cccc(Br)c1)c1ccc(Cl)nc1. The van der Waals surface area contributed by atoms with Crippen molar-refractivity contribution in [1.82, 2.24) is 10.5 Å². The molecule has 0 saturated heterocycles. The van der Waals surface area contributed by atoms with Crippen LogP contribution in [0.4, 0.5) is 5.69 Å². The summed E-state index contributed by atoms with van der Waals surface area (Å²) in [6.45, 7) is 0. The molecule has 6 heteroatoms. The van der Waals surface area contributed by atoms with Crippen LogP contribution in [0.1, 0.15) is 5.56 Å². The van der Waals surface area contributed by atoms with Crippen LogP contribution in [0.3, 0.4) is 0 Å². The Bertz CT molecular complexity index is 572. The van der Waals surface area contributed by atoms with Gasteiger partial charge < -0.3 is 0 Å². The van der Waals surface area contributed by atoms with Crippen molar-refractivity contribution in [2.75, 3.05) is 0 Å². The van der Waals surface area contributed by atoms with Crippen LogP contribution in [0.2, 0.25) is 5.15 Å². The highest BCUT2D eigenvalue weighted by atomic mass is 79.9. The van der Waals surface area contributed by atoms with Crippen LogP contribution >= 0.6 is 27.5 Å². The summed E-state index contributed by atoms with van der Waals surface area (Å²) in [6.07, 6.45) is 1.53. The number of aliphatic imine (C=N–C) groups is 1. The van der Waals surface area contributed by atoms with Gasteiger partial charge in [0.15, 0.2) is 5.84 Å². The number of pyridine rings is 1.